The van der Waals surface area contributed by atoms with Crippen molar-refractivity contribution in [2.24, 2.45) is 0 Å². The lowest BCUT2D eigenvalue weighted by atomic mass is 10.1. The molecule has 0 aromatic heterocycles. The van der Waals surface area contributed by atoms with Gasteiger partial charge in [-0.05, 0) is 37.1 Å². The molecule has 0 radical (unpaired) electrons. The Morgan fingerprint density at radius 2 is 1.87 bits per heavy atom. The summed E-state index contributed by atoms with van der Waals surface area (Å²) in [4.78, 5) is 13.4. The van der Waals surface area contributed by atoms with Gasteiger partial charge in [-0.3, -0.25) is 4.79 Å². The largest absolute Gasteiger partial charge is 0.363 e. The van der Waals surface area contributed by atoms with Crippen molar-refractivity contribution in [3.05, 3.63) is 27.7 Å². The highest BCUT2D eigenvalue weighted by Gasteiger charge is 2.22. The number of nitrogens with zero attached hydrogens (tertiary/aromatic N) is 1. The number of carbonyl (C=O) groups is 1. The van der Waals surface area contributed by atoms with Crippen molar-refractivity contribution < 1.29 is 4.79 Å². The molecule has 0 atom stereocenters. The molecule has 1 fully saturated rings. The number of ketones is 1. The van der Waals surface area contributed by atoms with Gasteiger partial charge in [0.05, 0.1) is 6.54 Å². The number of anilines is 1. The van der Waals surface area contributed by atoms with E-state index >= 15 is 0 Å². The Labute approximate surface area is 98.4 Å². The summed E-state index contributed by atoms with van der Waals surface area (Å²) in [6.07, 6.45) is 0.689. The molecule has 1 heterocycles. The van der Waals surface area contributed by atoms with Crippen LogP contribution in [-0.4, -0.2) is 18.9 Å². The molecule has 0 amide bonds. The van der Waals surface area contributed by atoms with Crippen molar-refractivity contribution in [2.45, 2.75) is 20.3 Å². The highest BCUT2D eigenvalue weighted by atomic mass is 79.9. The number of rotatable bonds is 1. The molecule has 1 saturated heterocycles. The third kappa shape index (κ3) is 2.07. The maximum absolute atomic E-state index is 11.3. The molecule has 3 heteroatoms. The average Bonchev–Trinajstić information content (AvgIpc) is 2.49. The normalized spacial score (nSPS) is 16.2. The second kappa shape index (κ2) is 3.97. The van der Waals surface area contributed by atoms with Crippen molar-refractivity contribution in [2.75, 3.05) is 18.0 Å². The summed E-state index contributed by atoms with van der Waals surface area (Å²) in [7, 11) is 0. The van der Waals surface area contributed by atoms with Crippen LogP contribution < -0.4 is 4.90 Å². The molecular formula is C12H14BrNO. The summed E-state index contributed by atoms with van der Waals surface area (Å²) in [5, 5.41) is 0. The van der Waals surface area contributed by atoms with Gasteiger partial charge in [0.25, 0.3) is 0 Å². The monoisotopic (exact) mass is 267 g/mol. The van der Waals surface area contributed by atoms with Gasteiger partial charge in [0.15, 0.2) is 5.78 Å². The molecule has 2 rings (SSSR count). The van der Waals surface area contributed by atoms with E-state index in [-0.39, 0.29) is 0 Å². The number of Topliss-reactive ketones (excluding diaryl/α,β-unsaturated/α-hetero) is 1. The molecule has 0 N–H and O–H groups in total. The molecule has 0 aliphatic carbocycles. The van der Waals surface area contributed by atoms with E-state index in [1.54, 1.807) is 0 Å². The van der Waals surface area contributed by atoms with Crippen LogP contribution in [-0.2, 0) is 4.79 Å². The topological polar surface area (TPSA) is 20.3 Å². The van der Waals surface area contributed by atoms with Gasteiger partial charge in [0.2, 0.25) is 0 Å². The first-order chi connectivity index (χ1) is 7.08. The minimum atomic E-state index is 0.344. The lowest BCUT2D eigenvalue weighted by molar-refractivity contribution is -0.116. The SMILES string of the molecule is Cc1cc(Br)cc(C)c1N1CCC(=O)C1. The molecule has 1 aromatic carbocycles. The van der Waals surface area contributed by atoms with Gasteiger partial charge in [0.1, 0.15) is 0 Å². The summed E-state index contributed by atoms with van der Waals surface area (Å²) in [5.41, 5.74) is 3.69. The number of aryl methyl sites for hydroxylation is 2. The third-order valence-corrected chi connectivity index (χ3v) is 3.26. The van der Waals surface area contributed by atoms with Gasteiger partial charge in [0, 0.05) is 23.1 Å². The fourth-order valence-corrected chi connectivity index (χ4v) is 2.91. The van der Waals surface area contributed by atoms with Crippen LogP contribution in [0.25, 0.3) is 0 Å². The van der Waals surface area contributed by atoms with Gasteiger partial charge < -0.3 is 4.90 Å². The van der Waals surface area contributed by atoms with Crippen LogP contribution >= 0.6 is 15.9 Å². The molecule has 1 aliphatic heterocycles. The first-order valence-electron chi connectivity index (χ1n) is 5.11. The molecule has 80 valence electrons. The summed E-state index contributed by atoms with van der Waals surface area (Å²) >= 11 is 3.48. The Balaban J connectivity index is 2.39. The average molecular weight is 268 g/mol. The maximum atomic E-state index is 11.3. The van der Waals surface area contributed by atoms with Gasteiger partial charge in [-0.15, -0.1) is 0 Å². The Bertz CT molecular complexity index is 391. The van der Waals surface area contributed by atoms with Crippen LogP contribution in [0.15, 0.2) is 16.6 Å². The number of halogens is 1. The van der Waals surface area contributed by atoms with Gasteiger partial charge in [-0.2, -0.15) is 0 Å². The minimum Gasteiger partial charge on any atom is -0.363 e. The molecule has 1 aromatic rings. The summed E-state index contributed by atoms with van der Waals surface area (Å²) < 4.78 is 1.10. The Morgan fingerprint density at radius 3 is 2.33 bits per heavy atom. The van der Waals surface area contributed by atoms with E-state index in [1.807, 2.05) is 0 Å². The van der Waals surface area contributed by atoms with E-state index in [0.717, 1.165) is 11.0 Å². The van der Waals surface area contributed by atoms with E-state index in [9.17, 15) is 4.79 Å². The van der Waals surface area contributed by atoms with Crippen LogP contribution in [0.2, 0.25) is 0 Å². The van der Waals surface area contributed by atoms with Gasteiger partial charge >= 0.3 is 0 Å². The molecule has 0 bridgehead atoms. The number of carbonyl (C=O) groups excluding carboxylic acids is 1. The van der Waals surface area contributed by atoms with Crippen LogP contribution in [0.1, 0.15) is 17.5 Å². The molecule has 0 unspecified atom stereocenters. The smallest absolute Gasteiger partial charge is 0.153 e. The Hall–Kier alpha value is -0.830. The van der Waals surface area contributed by atoms with E-state index < -0.39 is 0 Å². The summed E-state index contributed by atoms with van der Waals surface area (Å²) in [5.74, 6) is 0.344. The standard InChI is InChI=1S/C12H14BrNO/c1-8-5-10(13)6-9(2)12(8)14-4-3-11(15)7-14/h5-6H,3-4,7H2,1-2H3. The molecule has 15 heavy (non-hydrogen) atoms. The molecular weight excluding hydrogens is 254 g/mol. The number of hydrogen-bond acceptors (Lipinski definition) is 2. The molecule has 1 aliphatic rings. The van der Waals surface area contributed by atoms with Gasteiger partial charge in [-0.1, -0.05) is 15.9 Å². The number of hydrogen-bond donors (Lipinski definition) is 0. The van der Waals surface area contributed by atoms with Crippen molar-refractivity contribution in [1.29, 1.82) is 0 Å². The van der Waals surface area contributed by atoms with Crippen molar-refractivity contribution in [1.82, 2.24) is 0 Å². The van der Waals surface area contributed by atoms with Crippen molar-refractivity contribution in [3.8, 4) is 0 Å². The van der Waals surface area contributed by atoms with Gasteiger partial charge in [-0.25, -0.2) is 0 Å². The van der Waals surface area contributed by atoms with Crippen LogP contribution in [0.4, 0.5) is 5.69 Å². The molecule has 0 saturated carbocycles. The first-order valence-corrected chi connectivity index (χ1v) is 5.90. The van der Waals surface area contributed by atoms with E-state index in [0.29, 0.717) is 18.7 Å². The number of benzene rings is 1. The fourth-order valence-electron chi connectivity index (χ4n) is 2.22. The molecule has 0 spiro atoms. The maximum Gasteiger partial charge on any atom is 0.153 e. The van der Waals surface area contributed by atoms with Crippen molar-refractivity contribution >= 4 is 27.4 Å². The Kier molecular flexibility index (Phi) is 2.83. The fraction of sp³-hybridized carbons (Fsp3) is 0.417. The summed E-state index contributed by atoms with van der Waals surface area (Å²) in [6.45, 7) is 5.62. The lowest BCUT2D eigenvalue weighted by Gasteiger charge is -2.22. The predicted molar refractivity (Wildman–Crippen MR) is 65.5 cm³/mol. The zero-order valence-electron chi connectivity index (χ0n) is 9.01. The summed E-state index contributed by atoms with van der Waals surface area (Å²) in [6, 6.07) is 4.20. The van der Waals surface area contributed by atoms with Crippen molar-refractivity contribution in [3.63, 3.8) is 0 Å². The van der Waals surface area contributed by atoms with Crippen LogP contribution in [0.5, 0.6) is 0 Å². The third-order valence-electron chi connectivity index (χ3n) is 2.80. The zero-order valence-corrected chi connectivity index (χ0v) is 10.6. The highest BCUT2D eigenvalue weighted by molar-refractivity contribution is 9.10. The lowest BCUT2D eigenvalue weighted by Crippen LogP contribution is -2.21. The first kappa shape index (κ1) is 10.7. The zero-order chi connectivity index (χ0) is 11.0. The second-order valence-corrected chi connectivity index (χ2v) is 5.01. The predicted octanol–water partition coefficient (Wildman–Crippen LogP) is 2.85. The minimum absolute atomic E-state index is 0.344. The van der Waals surface area contributed by atoms with E-state index in [4.69, 9.17) is 0 Å². The van der Waals surface area contributed by atoms with Crippen LogP contribution in [0, 0.1) is 13.8 Å². The van der Waals surface area contributed by atoms with E-state index in [2.05, 4.69) is 46.8 Å². The van der Waals surface area contributed by atoms with E-state index in [1.165, 1.54) is 16.8 Å². The molecule has 2 nitrogen and oxygen atoms in total. The Morgan fingerprint density at radius 1 is 1.27 bits per heavy atom. The quantitative estimate of drug-likeness (QED) is 0.780. The second-order valence-electron chi connectivity index (χ2n) is 4.10. The highest BCUT2D eigenvalue weighted by Crippen LogP contribution is 2.30. The van der Waals surface area contributed by atoms with Crippen LogP contribution in [0.3, 0.4) is 0 Å².